The van der Waals surface area contributed by atoms with Crippen LogP contribution in [0.2, 0.25) is 0 Å². The maximum atomic E-state index is 12.9. The van der Waals surface area contributed by atoms with Crippen LogP contribution in [0, 0.1) is 5.82 Å². The number of benzene rings is 1. The summed E-state index contributed by atoms with van der Waals surface area (Å²) in [6, 6.07) is 4.64. The molecule has 0 atom stereocenters. The smallest absolute Gasteiger partial charge is 0.137 e. The Kier molecular flexibility index (Phi) is 5.65. The van der Waals surface area contributed by atoms with Gasteiger partial charge in [-0.25, -0.2) is 4.39 Å². The minimum Gasteiger partial charge on any atom is -0.494 e. The van der Waals surface area contributed by atoms with Crippen LogP contribution in [-0.4, -0.2) is 20.3 Å². The van der Waals surface area contributed by atoms with E-state index in [4.69, 9.17) is 9.47 Å². The first kappa shape index (κ1) is 12.5. The Morgan fingerprint density at radius 1 is 1.27 bits per heavy atom. The fraction of sp³-hybridized carbons (Fsp3) is 0.455. The zero-order chi connectivity index (χ0) is 11.1. The van der Waals surface area contributed by atoms with Crippen molar-refractivity contribution in [2.24, 2.45) is 0 Å². The van der Waals surface area contributed by atoms with Crippen LogP contribution in [0.3, 0.4) is 0 Å². The molecule has 0 heterocycles. The van der Waals surface area contributed by atoms with E-state index in [1.807, 2.05) is 0 Å². The van der Waals surface area contributed by atoms with E-state index in [9.17, 15) is 4.39 Å². The molecule has 0 saturated carbocycles. The zero-order valence-corrected chi connectivity index (χ0v) is 10.2. The number of ether oxygens (including phenoxy) is 2. The molecule has 4 heteroatoms. The summed E-state index contributed by atoms with van der Waals surface area (Å²) < 4.78 is 23.6. The minimum atomic E-state index is -0.276. The fourth-order valence-corrected chi connectivity index (χ4v) is 1.46. The van der Waals surface area contributed by atoms with Crippen LogP contribution in [0.25, 0.3) is 0 Å². The van der Waals surface area contributed by atoms with Gasteiger partial charge in [-0.15, -0.1) is 0 Å². The van der Waals surface area contributed by atoms with Crippen molar-refractivity contribution < 1.29 is 13.9 Å². The van der Waals surface area contributed by atoms with Crippen molar-refractivity contribution >= 4 is 15.9 Å². The number of methoxy groups -OCH3 is 1. The Balaban J connectivity index is 2.28. The van der Waals surface area contributed by atoms with Gasteiger partial charge in [0.25, 0.3) is 0 Å². The van der Waals surface area contributed by atoms with E-state index in [2.05, 4.69) is 15.9 Å². The Morgan fingerprint density at radius 3 is 2.67 bits per heavy atom. The maximum absolute atomic E-state index is 12.9. The van der Waals surface area contributed by atoms with E-state index in [0.717, 1.165) is 19.4 Å². The summed E-state index contributed by atoms with van der Waals surface area (Å²) in [5.74, 6) is 0.405. The minimum absolute atomic E-state index is 0.276. The van der Waals surface area contributed by atoms with E-state index in [0.29, 0.717) is 16.8 Å². The molecular formula is C11H14BrFO2. The zero-order valence-electron chi connectivity index (χ0n) is 8.63. The first-order valence-electron chi connectivity index (χ1n) is 4.81. The summed E-state index contributed by atoms with van der Waals surface area (Å²) >= 11 is 3.10. The molecular weight excluding hydrogens is 263 g/mol. The standard InChI is InChI=1S/C11H14BrFO2/c1-14-6-2-3-7-15-9-4-5-11(13)10(12)8-9/h4-5,8H,2-3,6-7H2,1H3. The van der Waals surface area contributed by atoms with Crippen LogP contribution >= 0.6 is 15.9 Å². The predicted octanol–water partition coefficient (Wildman–Crippen LogP) is 3.39. The van der Waals surface area contributed by atoms with E-state index >= 15 is 0 Å². The quantitative estimate of drug-likeness (QED) is 0.742. The van der Waals surface area contributed by atoms with Gasteiger partial charge in [0.1, 0.15) is 11.6 Å². The molecule has 0 aliphatic rings. The second-order valence-electron chi connectivity index (χ2n) is 3.12. The highest BCUT2D eigenvalue weighted by Gasteiger charge is 2.00. The lowest BCUT2D eigenvalue weighted by Crippen LogP contribution is -1.99. The summed E-state index contributed by atoms with van der Waals surface area (Å²) in [4.78, 5) is 0. The monoisotopic (exact) mass is 276 g/mol. The number of rotatable bonds is 6. The highest BCUT2D eigenvalue weighted by atomic mass is 79.9. The van der Waals surface area contributed by atoms with Gasteiger partial charge in [0.15, 0.2) is 0 Å². The Morgan fingerprint density at radius 2 is 2.00 bits per heavy atom. The summed E-state index contributed by atoms with van der Waals surface area (Å²) in [5, 5.41) is 0. The lowest BCUT2D eigenvalue weighted by atomic mass is 10.3. The highest BCUT2D eigenvalue weighted by molar-refractivity contribution is 9.10. The van der Waals surface area contributed by atoms with Crippen molar-refractivity contribution in [3.8, 4) is 5.75 Å². The van der Waals surface area contributed by atoms with Crippen molar-refractivity contribution in [2.75, 3.05) is 20.3 Å². The third-order valence-electron chi connectivity index (χ3n) is 1.90. The van der Waals surface area contributed by atoms with Gasteiger partial charge in [-0.05, 0) is 47.0 Å². The van der Waals surface area contributed by atoms with Gasteiger partial charge in [0.05, 0.1) is 11.1 Å². The van der Waals surface area contributed by atoms with Gasteiger partial charge in [-0.2, -0.15) is 0 Å². The lowest BCUT2D eigenvalue weighted by molar-refractivity contribution is 0.184. The third kappa shape index (κ3) is 4.62. The van der Waals surface area contributed by atoms with Crippen LogP contribution in [0.1, 0.15) is 12.8 Å². The molecule has 0 amide bonds. The largest absolute Gasteiger partial charge is 0.494 e. The van der Waals surface area contributed by atoms with E-state index < -0.39 is 0 Å². The molecule has 84 valence electrons. The van der Waals surface area contributed by atoms with Crippen molar-refractivity contribution in [2.45, 2.75) is 12.8 Å². The average Bonchev–Trinajstić information content (AvgIpc) is 2.23. The number of hydrogen-bond acceptors (Lipinski definition) is 2. The lowest BCUT2D eigenvalue weighted by Gasteiger charge is -2.06. The van der Waals surface area contributed by atoms with Crippen molar-refractivity contribution in [1.29, 1.82) is 0 Å². The third-order valence-corrected chi connectivity index (χ3v) is 2.51. The Bertz CT molecular complexity index is 305. The van der Waals surface area contributed by atoms with Gasteiger partial charge in [-0.1, -0.05) is 0 Å². The average molecular weight is 277 g/mol. The SMILES string of the molecule is COCCCCOc1ccc(F)c(Br)c1. The van der Waals surface area contributed by atoms with Gasteiger partial charge in [0.2, 0.25) is 0 Å². The van der Waals surface area contributed by atoms with Gasteiger partial charge in [0, 0.05) is 13.7 Å². The summed E-state index contributed by atoms with van der Waals surface area (Å²) in [5.41, 5.74) is 0. The van der Waals surface area contributed by atoms with E-state index in [1.54, 1.807) is 19.2 Å². The Labute approximate surface area is 97.5 Å². The first-order chi connectivity index (χ1) is 7.24. The van der Waals surface area contributed by atoms with Gasteiger partial charge >= 0.3 is 0 Å². The fourth-order valence-electron chi connectivity index (χ4n) is 1.11. The number of unbranched alkanes of at least 4 members (excludes halogenated alkanes) is 1. The summed E-state index contributed by atoms with van der Waals surface area (Å²) in [6.07, 6.45) is 1.90. The second kappa shape index (κ2) is 6.80. The van der Waals surface area contributed by atoms with Crippen LogP contribution in [0.5, 0.6) is 5.75 Å². The molecule has 1 rings (SSSR count). The summed E-state index contributed by atoms with van der Waals surface area (Å²) in [6.45, 7) is 1.37. The molecule has 0 aromatic heterocycles. The van der Waals surface area contributed by atoms with Crippen LogP contribution < -0.4 is 4.74 Å². The maximum Gasteiger partial charge on any atom is 0.137 e. The molecule has 0 radical (unpaired) electrons. The van der Waals surface area contributed by atoms with Crippen LogP contribution in [0.4, 0.5) is 4.39 Å². The van der Waals surface area contributed by atoms with Crippen molar-refractivity contribution in [1.82, 2.24) is 0 Å². The predicted molar refractivity (Wildman–Crippen MR) is 60.7 cm³/mol. The number of hydrogen-bond donors (Lipinski definition) is 0. The molecule has 1 aromatic carbocycles. The van der Waals surface area contributed by atoms with Crippen molar-refractivity contribution in [3.05, 3.63) is 28.5 Å². The number of halogens is 2. The van der Waals surface area contributed by atoms with E-state index in [-0.39, 0.29) is 5.82 Å². The molecule has 0 unspecified atom stereocenters. The first-order valence-corrected chi connectivity index (χ1v) is 5.60. The van der Waals surface area contributed by atoms with Gasteiger partial charge < -0.3 is 9.47 Å². The van der Waals surface area contributed by atoms with E-state index in [1.165, 1.54) is 6.07 Å². The highest BCUT2D eigenvalue weighted by Crippen LogP contribution is 2.21. The molecule has 15 heavy (non-hydrogen) atoms. The molecule has 0 aliphatic heterocycles. The molecule has 2 nitrogen and oxygen atoms in total. The molecule has 0 saturated heterocycles. The normalized spacial score (nSPS) is 10.3. The van der Waals surface area contributed by atoms with Crippen LogP contribution in [-0.2, 0) is 4.74 Å². The topological polar surface area (TPSA) is 18.5 Å². The molecule has 0 N–H and O–H groups in total. The molecule has 0 aliphatic carbocycles. The second-order valence-corrected chi connectivity index (χ2v) is 3.98. The molecule has 0 fully saturated rings. The molecule has 1 aromatic rings. The summed E-state index contributed by atoms with van der Waals surface area (Å²) in [7, 11) is 1.68. The van der Waals surface area contributed by atoms with Crippen LogP contribution in [0.15, 0.2) is 22.7 Å². The van der Waals surface area contributed by atoms with Crippen molar-refractivity contribution in [3.63, 3.8) is 0 Å². The van der Waals surface area contributed by atoms with Gasteiger partial charge in [-0.3, -0.25) is 0 Å². The Hall–Kier alpha value is -0.610. The molecule has 0 spiro atoms. The molecule has 0 bridgehead atoms.